The Bertz CT molecular complexity index is 973. The highest BCUT2D eigenvalue weighted by atomic mass is 16.6. The number of hydrogen-bond acceptors (Lipinski definition) is 6. The third kappa shape index (κ3) is 3.87. The van der Waals surface area contributed by atoms with Crippen LogP contribution in [0.4, 0.5) is 11.4 Å². The summed E-state index contributed by atoms with van der Waals surface area (Å²) in [6, 6.07) is 11.4. The molecule has 0 radical (unpaired) electrons. The number of carbonyl (C=O) groups excluding carboxylic acids is 3. The van der Waals surface area contributed by atoms with Crippen molar-refractivity contribution >= 4 is 29.2 Å². The Morgan fingerprint density at radius 3 is 2.72 bits per heavy atom. The second-order valence-electron chi connectivity index (χ2n) is 6.82. The largest absolute Gasteiger partial charge is 0.486 e. The molecule has 0 fully saturated rings. The number of rotatable bonds is 3. The molecule has 0 aromatic heterocycles. The number of benzene rings is 2. The van der Waals surface area contributed by atoms with E-state index in [0.29, 0.717) is 36.1 Å². The first-order valence-electron chi connectivity index (χ1n) is 9.30. The van der Waals surface area contributed by atoms with Crippen molar-refractivity contribution < 1.29 is 28.6 Å². The van der Waals surface area contributed by atoms with Gasteiger partial charge in [-0.15, -0.1) is 0 Å². The van der Waals surface area contributed by atoms with Gasteiger partial charge in [0.1, 0.15) is 13.2 Å². The van der Waals surface area contributed by atoms with Crippen LogP contribution in [0.5, 0.6) is 11.5 Å². The number of nitrogens with zero attached hydrogens (tertiary/aromatic N) is 1. The van der Waals surface area contributed by atoms with Crippen LogP contribution in [-0.4, -0.2) is 43.6 Å². The summed E-state index contributed by atoms with van der Waals surface area (Å²) in [6.45, 7) is 2.20. The first kappa shape index (κ1) is 18.8. The third-order valence-corrected chi connectivity index (χ3v) is 4.73. The number of anilines is 2. The van der Waals surface area contributed by atoms with Gasteiger partial charge in [0.15, 0.2) is 18.1 Å². The molecule has 150 valence electrons. The molecule has 4 rings (SSSR count). The quantitative estimate of drug-likeness (QED) is 0.801. The van der Waals surface area contributed by atoms with Crippen molar-refractivity contribution in [3.8, 4) is 11.5 Å². The molecule has 0 saturated carbocycles. The fraction of sp³-hybridized carbons (Fsp3) is 0.286. The van der Waals surface area contributed by atoms with Crippen molar-refractivity contribution in [2.75, 3.05) is 30.0 Å². The van der Waals surface area contributed by atoms with Crippen LogP contribution >= 0.6 is 0 Å². The molecule has 2 aliphatic rings. The third-order valence-electron chi connectivity index (χ3n) is 4.73. The fourth-order valence-electron chi connectivity index (χ4n) is 3.42. The van der Waals surface area contributed by atoms with Crippen molar-refractivity contribution in [1.29, 1.82) is 0 Å². The molecule has 2 aromatic carbocycles. The molecule has 2 aliphatic heterocycles. The first-order chi connectivity index (χ1) is 14.0. The molecule has 8 heteroatoms. The second-order valence-corrected chi connectivity index (χ2v) is 6.82. The molecule has 1 atom stereocenters. The van der Waals surface area contributed by atoms with E-state index < -0.39 is 18.5 Å². The number of ether oxygens (including phenoxy) is 3. The summed E-state index contributed by atoms with van der Waals surface area (Å²) in [6.07, 6.45) is 0.149. The minimum absolute atomic E-state index is 0.149. The van der Waals surface area contributed by atoms with Gasteiger partial charge in [-0.2, -0.15) is 0 Å². The predicted octanol–water partition coefficient (Wildman–Crippen LogP) is 2.38. The summed E-state index contributed by atoms with van der Waals surface area (Å²) >= 11 is 0. The SMILES string of the molecule is C[C@@H]1CC(=O)Nc2ccccc2N1C(=O)COC(=O)c1ccc2c(c1)OCCO2. The van der Waals surface area contributed by atoms with E-state index in [1.807, 2.05) is 0 Å². The Labute approximate surface area is 167 Å². The van der Waals surface area contributed by atoms with Gasteiger partial charge in [0.05, 0.1) is 16.9 Å². The molecule has 29 heavy (non-hydrogen) atoms. The molecular weight excluding hydrogens is 376 g/mol. The van der Waals surface area contributed by atoms with Crippen LogP contribution in [0, 0.1) is 0 Å². The maximum absolute atomic E-state index is 12.9. The highest BCUT2D eigenvalue weighted by Gasteiger charge is 2.30. The van der Waals surface area contributed by atoms with Crippen molar-refractivity contribution in [2.24, 2.45) is 0 Å². The molecule has 0 spiro atoms. The van der Waals surface area contributed by atoms with Crippen LogP contribution in [0.15, 0.2) is 42.5 Å². The topological polar surface area (TPSA) is 94.2 Å². The Balaban J connectivity index is 1.48. The van der Waals surface area contributed by atoms with Gasteiger partial charge in [-0.25, -0.2) is 4.79 Å². The molecule has 1 N–H and O–H groups in total. The van der Waals surface area contributed by atoms with Crippen molar-refractivity contribution in [3.05, 3.63) is 48.0 Å². The Morgan fingerprint density at radius 1 is 1.14 bits per heavy atom. The van der Waals surface area contributed by atoms with Crippen LogP contribution in [0.3, 0.4) is 0 Å². The molecule has 0 saturated heterocycles. The average Bonchev–Trinajstić information content (AvgIpc) is 2.85. The zero-order valence-corrected chi connectivity index (χ0v) is 15.8. The van der Waals surface area contributed by atoms with E-state index in [1.165, 1.54) is 11.0 Å². The zero-order valence-electron chi connectivity index (χ0n) is 15.8. The number of nitrogens with one attached hydrogen (secondary N) is 1. The van der Waals surface area contributed by atoms with E-state index >= 15 is 0 Å². The molecule has 0 bridgehead atoms. The lowest BCUT2D eigenvalue weighted by Gasteiger charge is -2.27. The van der Waals surface area contributed by atoms with Crippen LogP contribution in [0.1, 0.15) is 23.7 Å². The lowest BCUT2D eigenvalue weighted by atomic mass is 10.1. The summed E-state index contributed by atoms with van der Waals surface area (Å²) in [5.41, 5.74) is 1.39. The Kier molecular flexibility index (Phi) is 5.07. The summed E-state index contributed by atoms with van der Waals surface area (Å²) in [5, 5.41) is 2.79. The van der Waals surface area contributed by atoms with Gasteiger partial charge in [-0.3, -0.25) is 9.59 Å². The van der Waals surface area contributed by atoms with Gasteiger partial charge in [0.2, 0.25) is 5.91 Å². The van der Waals surface area contributed by atoms with Crippen LogP contribution < -0.4 is 19.7 Å². The highest BCUT2D eigenvalue weighted by Crippen LogP contribution is 2.32. The maximum atomic E-state index is 12.9. The monoisotopic (exact) mass is 396 g/mol. The summed E-state index contributed by atoms with van der Waals surface area (Å²) < 4.78 is 16.1. The average molecular weight is 396 g/mol. The Hall–Kier alpha value is -3.55. The molecule has 0 aliphatic carbocycles. The molecule has 2 aromatic rings. The number of fused-ring (bicyclic) bond motifs is 2. The van der Waals surface area contributed by atoms with E-state index in [9.17, 15) is 14.4 Å². The lowest BCUT2D eigenvalue weighted by Crippen LogP contribution is -2.41. The predicted molar refractivity (Wildman–Crippen MR) is 104 cm³/mol. The smallest absolute Gasteiger partial charge is 0.338 e. The summed E-state index contributed by atoms with van der Waals surface area (Å²) in [4.78, 5) is 38.8. The molecule has 2 heterocycles. The van der Waals surface area contributed by atoms with Gasteiger partial charge >= 0.3 is 5.97 Å². The van der Waals surface area contributed by atoms with E-state index in [-0.39, 0.29) is 23.9 Å². The van der Waals surface area contributed by atoms with Gasteiger partial charge in [0.25, 0.3) is 5.91 Å². The van der Waals surface area contributed by atoms with Crippen LogP contribution in [-0.2, 0) is 14.3 Å². The van der Waals surface area contributed by atoms with Crippen molar-refractivity contribution in [1.82, 2.24) is 0 Å². The second kappa shape index (κ2) is 7.83. The van der Waals surface area contributed by atoms with E-state index in [0.717, 1.165) is 0 Å². The van der Waals surface area contributed by atoms with Crippen molar-refractivity contribution in [2.45, 2.75) is 19.4 Å². The summed E-state index contributed by atoms with van der Waals surface area (Å²) in [5.74, 6) is -0.186. The fourth-order valence-corrected chi connectivity index (χ4v) is 3.42. The van der Waals surface area contributed by atoms with Crippen LogP contribution in [0.25, 0.3) is 0 Å². The molecule has 8 nitrogen and oxygen atoms in total. The Morgan fingerprint density at radius 2 is 1.90 bits per heavy atom. The number of esters is 1. The highest BCUT2D eigenvalue weighted by molar-refractivity contribution is 6.05. The van der Waals surface area contributed by atoms with Gasteiger partial charge in [-0.1, -0.05) is 12.1 Å². The first-order valence-corrected chi connectivity index (χ1v) is 9.30. The number of hydrogen-bond donors (Lipinski definition) is 1. The van der Waals surface area contributed by atoms with Crippen LogP contribution in [0.2, 0.25) is 0 Å². The number of amides is 2. The molecule has 2 amide bonds. The van der Waals surface area contributed by atoms with E-state index in [4.69, 9.17) is 14.2 Å². The van der Waals surface area contributed by atoms with E-state index in [1.54, 1.807) is 43.3 Å². The minimum Gasteiger partial charge on any atom is -0.486 e. The van der Waals surface area contributed by atoms with Gasteiger partial charge < -0.3 is 24.4 Å². The standard InChI is InChI=1S/C21H20N2O6/c1-13-10-19(24)22-15-4-2-3-5-16(15)23(13)20(25)12-29-21(26)14-6-7-17-18(11-14)28-9-8-27-17/h2-7,11,13H,8-10,12H2,1H3,(H,22,24)/t13-/m1/s1. The summed E-state index contributed by atoms with van der Waals surface area (Å²) in [7, 11) is 0. The minimum atomic E-state index is -0.639. The normalized spacial score (nSPS) is 17.6. The number of carbonyl (C=O) groups is 3. The lowest BCUT2D eigenvalue weighted by molar-refractivity contribution is -0.122. The number of para-hydroxylation sites is 2. The maximum Gasteiger partial charge on any atom is 0.338 e. The zero-order chi connectivity index (χ0) is 20.4. The molecular formula is C21H20N2O6. The van der Waals surface area contributed by atoms with Gasteiger partial charge in [-0.05, 0) is 37.3 Å². The van der Waals surface area contributed by atoms with Crippen molar-refractivity contribution in [3.63, 3.8) is 0 Å². The van der Waals surface area contributed by atoms with Gasteiger partial charge in [0, 0.05) is 12.5 Å². The molecule has 0 unspecified atom stereocenters. The van der Waals surface area contributed by atoms with E-state index in [2.05, 4.69) is 5.32 Å².